The number of hydrogen-bond acceptors (Lipinski definition) is 3. The fourth-order valence-corrected chi connectivity index (χ4v) is 5.24. The molecular weight excluding hydrogens is 420 g/mol. The minimum absolute atomic E-state index is 0.0379. The van der Waals surface area contributed by atoms with Crippen LogP contribution in [0.15, 0.2) is 77.7 Å². The molecule has 0 spiro atoms. The lowest BCUT2D eigenvalue weighted by atomic mass is 9.98. The van der Waals surface area contributed by atoms with Crippen LogP contribution in [-0.4, -0.2) is 38.9 Å². The van der Waals surface area contributed by atoms with Gasteiger partial charge in [0.2, 0.25) is 15.9 Å². The molecule has 0 radical (unpaired) electrons. The minimum Gasteiger partial charge on any atom is -0.339 e. The largest absolute Gasteiger partial charge is 0.339 e. The Morgan fingerprint density at radius 3 is 2.62 bits per heavy atom. The van der Waals surface area contributed by atoms with Gasteiger partial charge >= 0.3 is 0 Å². The second-order valence-electron chi connectivity index (χ2n) is 8.36. The fourth-order valence-electron chi connectivity index (χ4n) is 4.12. The first-order chi connectivity index (χ1) is 15.4. The molecule has 32 heavy (non-hydrogen) atoms. The van der Waals surface area contributed by atoms with Gasteiger partial charge in [-0.25, -0.2) is 13.1 Å². The molecule has 1 aliphatic rings. The molecule has 166 valence electrons. The molecule has 1 aliphatic heterocycles. The predicted octanol–water partition coefficient (Wildman–Crippen LogP) is 4.38. The Kier molecular flexibility index (Phi) is 6.72. The maximum Gasteiger partial charge on any atom is 0.246 e. The van der Waals surface area contributed by atoms with Gasteiger partial charge in [0, 0.05) is 25.7 Å². The van der Waals surface area contributed by atoms with Gasteiger partial charge in [0.05, 0.1) is 4.90 Å². The average Bonchev–Trinajstić information content (AvgIpc) is 2.82. The summed E-state index contributed by atoms with van der Waals surface area (Å²) in [5.41, 5.74) is 2.03. The van der Waals surface area contributed by atoms with Gasteiger partial charge in [-0.15, -0.1) is 0 Å². The number of hydrogen-bond donors (Lipinski definition) is 1. The summed E-state index contributed by atoms with van der Waals surface area (Å²) in [6.07, 6.45) is 5.26. The standard InChI is InChI=1S/C26H28N2O3S/c1-20-11-14-24(15-12-20)32(30,31)27-18-21-6-5-17-28(19-21)26(29)16-13-23-9-4-8-22-7-2-3-10-25(22)23/h2-4,7-16,21,27H,5-6,17-19H2,1H3/b16-13-/t21-/m1/s1. The molecule has 0 aromatic heterocycles. The van der Waals surface area contributed by atoms with E-state index in [1.54, 1.807) is 30.3 Å². The number of carbonyl (C=O) groups is 1. The van der Waals surface area contributed by atoms with Crippen molar-refractivity contribution in [2.75, 3.05) is 19.6 Å². The van der Waals surface area contributed by atoms with Crippen LogP contribution in [0.3, 0.4) is 0 Å². The Bertz CT molecular complexity index is 1230. The van der Waals surface area contributed by atoms with Crippen molar-refractivity contribution in [3.63, 3.8) is 0 Å². The monoisotopic (exact) mass is 448 g/mol. The number of aryl methyl sites for hydroxylation is 1. The van der Waals surface area contributed by atoms with E-state index in [0.717, 1.165) is 34.7 Å². The third-order valence-corrected chi connectivity index (χ3v) is 7.39. The molecule has 0 saturated carbocycles. The van der Waals surface area contributed by atoms with Gasteiger partial charge < -0.3 is 4.90 Å². The van der Waals surface area contributed by atoms with Crippen molar-refractivity contribution >= 4 is 32.8 Å². The summed E-state index contributed by atoms with van der Waals surface area (Å²) >= 11 is 0. The number of amides is 1. The van der Waals surface area contributed by atoms with Crippen molar-refractivity contribution in [3.8, 4) is 0 Å². The molecule has 4 rings (SSSR count). The van der Waals surface area contributed by atoms with Crippen LogP contribution in [0.1, 0.15) is 24.0 Å². The summed E-state index contributed by atoms with van der Waals surface area (Å²) in [6.45, 7) is 3.49. The van der Waals surface area contributed by atoms with Crippen LogP contribution in [-0.2, 0) is 14.8 Å². The lowest BCUT2D eigenvalue weighted by molar-refractivity contribution is -0.127. The van der Waals surface area contributed by atoms with E-state index in [1.807, 2.05) is 42.2 Å². The fraction of sp³-hybridized carbons (Fsp3) is 0.269. The van der Waals surface area contributed by atoms with Crippen molar-refractivity contribution in [1.82, 2.24) is 9.62 Å². The van der Waals surface area contributed by atoms with E-state index in [1.165, 1.54) is 0 Å². The molecule has 1 N–H and O–H groups in total. The summed E-state index contributed by atoms with van der Waals surface area (Å²) in [5, 5.41) is 2.25. The number of benzene rings is 3. The quantitative estimate of drug-likeness (QED) is 0.569. The van der Waals surface area contributed by atoms with E-state index in [4.69, 9.17) is 0 Å². The molecule has 0 unspecified atom stereocenters. The normalized spacial score (nSPS) is 17.2. The number of nitrogens with one attached hydrogen (secondary N) is 1. The van der Waals surface area contributed by atoms with Crippen molar-refractivity contribution in [2.24, 2.45) is 5.92 Å². The van der Waals surface area contributed by atoms with Crippen LogP contribution in [0.4, 0.5) is 0 Å². The van der Waals surface area contributed by atoms with Gasteiger partial charge in [0.1, 0.15) is 0 Å². The zero-order valence-corrected chi connectivity index (χ0v) is 19.0. The number of fused-ring (bicyclic) bond motifs is 1. The first-order valence-electron chi connectivity index (χ1n) is 10.9. The van der Waals surface area contributed by atoms with E-state index in [-0.39, 0.29) is 16.7 Å². The lowest BCUT2D eigenvalue weighted by Crippen LogP contribution is -2.43. The first kappa shape index (κ1) is 22.2. The van der Waals surface area contributed by atoms with Crippen molar-refractivity contribution in [2.45, 2.75) is 24.7 Å². The Morgan fingerprint density at radius 1 is 1.06 bits per heavy atom. The molecule has 3 aromatic carbocycles. The van der Waals surface area contributed by atoms with E-state index in [0.29, 0.717) is 19.6 Å². The van der Waals surface area contributed by atoms with Crippen LogP contribution >= 0.6 is 0 Å². The van der Waals surface area contributed by atoms with E-state index in [2.05, 4.69) is 22.9 Å². The second kappa shape index (κ2) is 9.67. The molecule has 1 fully saturated rings. The summed E-state index contributed by atoms with van der Waals surface area (Å²) in [4.78, 5) is 14.9. The molecule has 3 aromatic rings. The zero-order chi connectivity index (χ0) is 22.6. The maximum atomic E-state index is 12.8. The molecule has 0 bridgehead atoms. The minimum atomic E-state index is -3.55. The van der Waals surface area contributed by atoms with E-state index >= 15 is 0 Å². The highest BCUT2D eigenvalue weighted by atomic mass is 32.2. The number of carbonyl (C=O) groups excluding carboxylic acids is 1. The molecular formula is C26H28N2O3S. The highest BCUT2D eigenvalue weighted by Gasteiger charge is 2.24. The van der Waals surface area contributed by atoms with Crippen LogP contribution in [0.25, 0.3) is 16.8 Å². The molecule has 1 heterocycles. The predicted molar refractivity (Wildman–Crippen MR) is 129 cm³/mol. The van der Waals surface area contributed by atoms with E-state index in [9.17, 15) is 13.2 Å². The number of sulfonamides is 1. The Morgan fingerprint density at radius 2 is 1.81 bits per heavy atom. The highest BCUT2D eigenvalue weighted by molar-refractivity contribution is 7.89. The number of rotatable bonds is 6. The number of nitrogens with zero attached hydrogens (tertiary/aromatic N) is 1. The Balaban J connectivity index is 1.37. The van der Waals surface area contributed by atoms with Crippen LogP contribution in [0.5, 0.6) is 0 Å². The van der Waals surface area contributed by atoms with Gasteiger partial charge in [-0.1, -0.05) is 60.2 Å². The van der Waals surface area contributed by atoms with Crippen molar-refractivity contribution in [1.29, 1.82) is 0 Å². The molecule has 6 heteroatoms. The summed E-state index contributed by atoms with van der Waals surface area (Å²) in [6, 6.07) is 21.0. The molecule has 1 amide bonds. The number of likely N-dealkylation sites (tertiary alicyclic amines) is 1. The SMILES string of the molecule is Cc1ccc(S(=O)(=O)NC[C@H]2CCCN(C(=O)/C=C\c3cccc4ccccc34)C2)cc1. The van der Waals surface area contributed by atoms with Gasteiger partial charge in [-0.3, -0.25) is 4.79 Å². The first-order valence-corrected chi connectivity index (χ1v) is 12.4. The second-order valence-corrected chi connectivity index (χ2v) is 10.1. The Hall–Kier alpha value is -2.96. The summed E-state index contributed by atoms with van der Waals surface area (Å²) in [7, 11) is -3.55. The van der Waals surface area contributed by atoms with Crippen LogP contribution in [0.2, 0.25) is 0 Å². The third-order valence-electron chi connectivity index (χ3n) is 5.95. The highest BCUT2D eigenvalue weighted by Crippen LogP contribution is 2.21. The summed E-state index contributed by atoms with van der Waals surface area (Å²) < 4.78 is 27.8. The Labute approximate surface area is 189 Å². The molecule has 0 aliphatic carbocycles. The maximum absolute atomic E-state index is 12.8. The third kappa shape index (κ3) is 5.26. The summed E-state index contributed by atoms with van der Waals surface area (Å²) in [5.74, 6) is 0.0582. The van der Waals surface area contributed by atoms with Gasteiger partial charge in [-0.05, 0) is 60.2 Å². The molecule has 5 nitrogen and oxygen atoms in total. The molecule has 1 saturated heterocycles. The van der Waals surface area contributed by atoms with E-state index < -0.39 is 10.0 Å². The van der Waals surface area contributed by atoms with Gasteiger partial charge in [0.15, 0.2) is 0 Å². The van der Waals surface area contributed by atoms with Gasteiger partial charge in [0.25, 0.3) is 0 Å². The van der Waals surface area contributed by atoms with Crippen LogP contribution < -0.4 is 4.72 Å². The van der Waals surface area contributed by atoms with Gasteiger partial charge in [-0.2, -0.15) is 0 Å². The topological polar surface area (TPSA) is 66.5 Å². The zero-order valence-electron chi connectivity index (χ0n) is 18.2. The van der Waals surface area contributed by atoms with Crippen molar-refractivity contribution in [3.05, 3.63) is 83.9 Å². The van der Waals surface area contributed by atoms with Crippen molar-refractivity contribution < 1.29 is 13.2 Å². The van der Waals surface area contributed by atoms with Crippen LogP contribution in [0, 0.1) is 12.8 Å². The smallest absolute Gasteiger partial charge is 0.246 e. The average molecular weight is 449 g/mol. The lowest BCUT2D eigenvalue weighted by Gasteiger charge is -2.32. The molecule has 1 atom stereocenters. The number of piperidine rings is 1.